The molecule has 0 bridgehead atoms. The van der Waals surface area contributed by atoms with Gasteiger partial charge in [0.2, 0.25) is 5.89 Å². The van der Waals surface area contributed by atoms with Crippen molar-refractivity contribution in [3.8, 4) is 0 Å². The Hall–Kier alpha value is -0.940. The lowest BCUT2D eigenvalue weighted by Gasteiger charge is -2.37. The molecule has 1 aliphatic carbocycles. The van der Waals surface area contributed by atoms with Gasteiger partial charge in [-0.1, -0.05) is 18.0 Å². The number of piperazine rings is 1. The summed E-state index contributed by atoms with van der Waals surface area (Å²) in [6.45, 7) is 9.91. The van der Waals surface area contributed by atoms with Gasteiger partial charge in [0.1, 0.15) is 0 Å². The van der Waals surface area contributed by atoms with E-state index in [0.717, 1.165) is 30.7 Å². The van der Waals surface area contributed by atoms with Gasteiger partial charge in [0, 0.05) is 32.7 Å². The maximum absolute atomic E-state index is 5.30. The van der Waals surface area contributed by atoms with Gasteiger partial charge in [-0.05, 0) is 32.6 Å². The molecule has 1 unspecified atom stereocenters. The molecule has 1 aliphatic heterocycles. The van der Waals surface area contributed by atoms with Gasteiger partial charge < -0.3 is 9.42 Å². The molecule has 1 saturated carbocycles. The van der Waals surface area contributed by atoms with Crippen molar-refractivity contribution in [2.45, 2.75) is 45.6 Å². The molecule has 0 spiro atoms. The molecule has 1 atom stereocenters. The largest absolute Gasteiger partial charge is 0.338 e. The number of hydrogen-bond acceptors (Lipinski definition) is 5. The molecular formula is C15H26N4O. The Morgan fingerprint density at radius 3 is 2.50 bits per heavy atom. The molecule has 112 valence electrons. The second kappa shape index (κ2) is 6.22. The number of nitrogens with zero attached hydrogens (tertiary/aromatic N) is 4. The smallest absolute Gasteiger partial charge is 0.243 e. The van der Waals surface area contributed by atoms with E-state index >= 15 is 0 Å². The molecule has 5 nitrogen and oxygen atoms in total. The van der Waals surface area contributed by atoms with Gasteiger partial charge in [-0.15, -0.1) is 0 Å². The maximum atomic E-state index is 5.30. The minimum atomic E-state index is 0.241. The van der Waals surface area contributed by atoms with Crippen LogP contribution < -0.4 is 0 Å². The molecule has 1 aromatic heterocycles. The first-order valence-corrected chi connectivity index (χ1v) is 7.99. The van der Waals surface area contributed by atoms with Gasteiger partial charge in [0.25, 0.3) is 0 Å². The topological polar surface area (TPSA) is 45.4 Å². The zero-order valence-electron chi connectivity index (χ0n) is 12.7. The standard InChI is InChI=1S/C15H26N4O/c1-12(15-16-13(2)17-20-15)19-9-7-18(8-10-19)11-14-5-3-4-6-14/h12,14H,3-11H2,1-2H3. The summed E-state index contributed by atoms with van der Waals surface area (Å²) in [5.74, 6) is 2.44. The van der Waals surface area contributed by atoms with Crippen LogP contribution in [0.5, 0.6) is 0 Å². The summed E-state index contributed by atoms with van der Waals surface area (Å²) in [5, 5.41) is 3.89. The highest BCUT2D eigenvalue weighted by Gasteiger charge is 2.27. The molecule has 0 radical (unpaired) electrons. The summed E-state index contributed by atoms with van der Waals surface area (Å²) in [7, 11) is 0. The van der Waals surface area contributed by atoms with Crippen molar-refractivity contribution < 1.29 is 4.52 Å². The Labute approximate surface area is 121 Å². The summed E-state index contributed by atoms with van der Waals surface area (Å²) in [4.78, 5) is 9.45. The second-order valence-electron chi connectivity index (χ2n) is 6.34. The van der Waals surface area contributed by atoms with Crippen molar-refractivity contribution >= 4 is 0 Å². The van der Waals surface area contributed by atoms with Crippen LogP contribution >= 0.6 is 0 Å². The van der Waals surface area contributed by atoms with E-state index in [1.54, 1.807) is 0 Å². The number of aryl methyl sites for hydroxylation is 1. The fourth-order valence-corrected chi connectivity index (χ4v) is 3.53. The molecule has 1 saturated heterocycles. The predicted octanol–water partition coefficient (Wildman–Crippen LogP) is 2.25. The summed E-state index contributed by atoms with van der Waals surface area (Å²) in [6.07, 6.45) is 5.77. The van der Waals surface area contributed by atoms with E-state index in [-0.39, 0.29) is 6.04 Å². The lowest BCUT2D eigenvalue weighted by molar-refractivity contribution is 0.0797. The third-order valence-electron chi connectivity index (χ3n) is 4.85. The summed E-state index contributed by atoms with van der Waals surface area (Å²) in [6, 6.07) is 0.241. The van der Waals surface area contributed by atoms with Crippen molar-refractivity contribution in [3.05, 3.63) is 11.7 Å². The van der Waals surface area contributed by atoms with Crippen molar-refractivity contribution in [3.63, 3.8) is 0 Å². The molecule has 20 heavy (non-hydrogen) atoms. The third kappa shape index (κ3) is 3.20. The van der Waals surface area contributed by atoms with Crippen molar-refractivity contribution in [1.82, 2.24) is 19.9 Å². The fourth-order valence-electron chi connectivity index (χ4n) is 3.53. The van der Waals surface area contributed by atoms with Crippen LogP contribution in [-0.4, -0.2) is 52.7 Å². The Balaban J connectivity index is 1.48. The van der Waals surface area contributed by atoms with Crippen molar-refractivity contribution in [2.24, 2.45) is 5.92 Å². The van der Waals surface area contributed by atoms with Gasteiger partial charge in [-0.3, -0.25) is 4.90 Å². The molecule has 2 heterocycles. The number of hydrogen-bond donors (Lipinski definition) is 0. The molecule has 2 aliphatic rings. The van der Waals surface area contributed by atoms with Gasteiger partial charge >= 0.3 is 0 Å². The molecule has 5 heteroatoms. The minimum Gasteiger partial charge on any atom is -0.338 e. The van der Waals surface area contributed by atoms with E-state index < -0.39 is 0 Å². The van der Waals surface area contributed by atoms with Crippen LogP contribution in [0, 0.1) is 12.8 Å². The molecule has 1 aromatic rings. The highest BCUT2D eigenvalue weighted by molar-refractivity contribution is 4.92. The first-order chi connectivity index (χ1) is 9.72. The average molecular weight is 278 g/mol. The Morgan fingerprint density at radius 2 is 1.90 bits per heavy atom. The normalized spacial score (nSPS) is 24.3. The van der Waals surface area contributed by atoms with Gasteiger partial charge in [-0.25, -0.2) is 0 Å². The monoisotopic (exact) mass is 278 g/mol. The minimum absolute atomic E-state index is 0.241. The van der Waals surface area contributed by atoms with Crippen LogP contribution in [0.1, 0.15) is 50.4 Å². The van der Waals surface area contributed by atoms with Gasteiger partial charge in [-0.2, -0.15) is 4.98 Å². The van der Waals surface area contributed by atoms with Crippen LogP contribution in [0.2, 0.25) is 0 Å². The highest BCUT2D eigenvalue weighted by Crippen LogP contribution is 2.26. The lowest BCUT2D eigenvalue weighted by atomic mass is 10.1. The first-order valence-electron chi connectivity index (χ1n) is 7.99. The first kappa shape index (κ1) is 14.0. The molecular weight excluding hydrogens is 252 g/mol. The summed E-state index contributed by atoms with van der Waals surface area (Å²) in [5.41, 5.74) is 0. The SMILES string of the molecule is Cc1noc(C(C)N2CCN(CC3CCCC3)CC2)n1. The van der Waals surface area contributed by atoms with E-state index in [4.69, 9.17) is 4.52 Å². The Bertz CT molecular complexity index is 419. The van der Waals surface area contributed by atoms with E-state index in [0.29, 0.717) is 0 Å². The van der Waals surface area contributed by atoms with Gasteiger partial charge in [0.15, 0.2) is 5.82 Å². The highest BCUT2D eigenvalue weighted by atomic mass is 16.5. The fraction of sp³-hybridized carbons (Fsp3) is 0.867. The third-order valence-corrected chi connectivity index (χ3v) is 4.85. The van der Waals surface area contributed by atoms with Crippen LogP contribution in [0.4, 0.5) is 0 Å². The maximum Gasteiger partial charge on any atom is 0.243 e. The Morgan fingerprint density at radius 1 is 1.20 bits per heavy atom. The molecule has 0 N–H and O–H groups in total. The molecule has 3 rings (SSSR count). The molecule has 0 aromatic carbocycles. The van der Waals surface area contributed by atoms with Gasteiger partial charge in [0.05, 0.1) is 6.04 Å². The second-order valence-corrected chi connectivity index (χ2v) is 6.34. The van der Waals surface area contributed by atoms with Crippen molar-refractivity contribution in [2.75, 3.05) is 32.7 Å². The zero-order valence-corrected chi connectivity index (χ0v) is 12.7. The predicted molar refractivity (Wildman–Crippen MR) is 77.4 cm³/mol. The average Bonchev–Trinajstić information content (AvgIpc) is 3.10. The summed E-state index contributed by atoms with van der Waals surface area (Å²) < 4.78 is 5.30. The van der Waals surface area contributed by atoms with Crippen LogP contribution in [0.25, 0.3) is 0 Å². The molecule has 0 amide bonds. The van der Waals surface area contributed by atoms with Crippen LogP contribution in [0.15, 0.2) is 4.52 Å². The van der Waals surface area contributed by atoms with E-state index in [9.17, 15) is 0 Å². The van der Waals surface area contributed by atoms with E-state index in [1.807, 2.05) is 6.92 Å². The van der Waals surface area contributed by atoms with Crippen LogP contribution in [-0.2, 0) is 0 Å². The number of aromatic nitrogens is 2. The summed E-state index contributed by atoms with van der Waals surface area (Å²) >= 11 is 0. The Kier molecular flexibility index (Phi) is 4.36. The van der Waals surface area contributed by atoms with E-state index in [2.05, 4.69) is 26.9 Å². The number of rotatable bonds is 4. The quantitative estimate of drug-likeness (QED) is 0.845. The van der Waals surface area contributed by atoms with Crippen molar-refractivity contribution in [1.29, 1.82) is 0 Å². The lowest BCUT2D eigenvalue weighted by Crippen LogP contribution is -2.48. The van der Waals surface area contributed by atoms with Crippen LogP contribution in [0.3, 0.4) is 0 Å². The molecule has 2 fully saturated rings. The zero-order chi connectivity index (χ0) is 13.9. The van der Waals surface area contributed by atoms with E-state index in [1.165, 1.54) is 45.3 Å².